The first-order chi connectivity index (χ1) is 4.20. The predicted octanol–water partition coefficient (Wildman–Crippen LogP) is -2.67. The number of hydrogen-bond donors (Lipinski definition) is 4. The Morgan fingerprint density at radius 1 is 1.22 bits per heavy atom. The van der Waals surface area contributed by atoms with Crippen molar-refractivity contribution in [1.82, 2.24) is 0 Å². The van der Waals surface area contributed by atoms with E-state index in [1.165, 1.54) is 0 Å². The van der Waals surface area contributed by atoms with Crippen molar-refractivity contribution in [3.63, 3.8) is 0 Å². The second-order valence-electron chi connectivity index (χ2n) is 1.35. The van der Waals surface area contributed by atoms with Crippen LogP contribution in [0.15, 0.2) is 0 Å². The predicted molar refractivity (Wildman–Crippen MR) is 29.2 cm³/mol. The van der Waals surface area contributed by atoms with Gasteiger partial charge in [0.15, 0.2) is 0 Å². The van der Waals surface area contributed by atoms with E-state index in [0.717, 1.165) is 0 Å². The van der Waals surface area contributed by atoms with Crippen molar-refractivity contribution in [3.8, 4) is 0 Å². The summed E-state index contributed by atoms with van der Waals surface area (Å²) >= 11 is -3.45. The second-order valence-corrected chi connectivity index (χ2v) is 3.39. The van der Waals surface area contributed by atoms with Crippen LogP contribution in [0, 0.1) is 0 Å². The molecule has 0 spiro atoms. The van der Waals surface area contributed by atoms with Gasteiger partial charge in [0, 0.05) is 0 Å². The molecule has 5 nitrogen and oxygen atoms in total. The number of aliphatic hydroxyl groups is 2. The van der Waals surface area contributed by atoms with Gasteiger partial charge in [-0.2, -0.15) is 0 Å². The van der Waals surface area contributed by atoms with Crippen molar-refractivity contribution in [3.05, 3.63) is 0 Å². The quantitative estimate of drug-likeness (QED) is 0.406. The van der Waals surface area contributed by atoms with Crippen molar-refractivity contribution in [2.24, 2.45) is 0 Å². The summed E-state index contributed by atoms with van der Waals surface area (Å²) in [6.45, 7) is -0.781. The summed E-state index contributed by atoms with van der Waals surface area (Å²) in [4.78, 5) is 0. The molecule has 0 aliphatic heterocycles. The number of rotatable bonds is 4. The average Bonchev–Trinajstić information content (AvgIpc) is 1.82. The first-order valence-electron chi connectivity index (χ1n) is 2.27. The Kier molecular flexibility index (Phi) is 5.78. The Hall–Kier alpha value is 0.618. The first-order valence-corrected chi connectivity index (χ1v) is 5.59. The van der Waals surface area contributed by atoms with E-state index in [0.29, 0.717) is 0 Å². The van der Waals surface area contributed by atoms with Crippen LogP contribution in [0.25, 0.3) is 0 Å². The molecule has 0 radical (unpaired) electrons. The summed E-state index contributed by atoms with van der Waals surface area (Å²) in [5, 5.41) is 16.6. The maximum atomic E-state index is 8.30. The fraction of sp³-hybridized carbons (Fsp3) is 1.00. The van der Waals surface area contributed by atoms with Gasteiger partial charge in [-0.15, -0.1) is 0 Å². The Morgan fingerprint density at radius 3 is 1.78 bits per heavy atom. The van der Waals surface area contributed by atoms with Gasteiger partial charge in [0.1, 0.15) is 0 Å². The Bertz CT molecular complexity index is 63.2. The molecule has 56 valence electrons. The van der Waals surface area contributed by atoms with E-state index >= 15 is 0 Å². The van der Waals surface area contributed by atoms with Crippen LogP contribution in [0.2, 0.25) is 0 Å². The van der Waals surface area contributed by atoms with Crippen LogP contribution in [-0.2, 0) is 3.02 Å². The normalized spacial score (nSPS) is 11.3. The summed E-state index contributed by atoms with van der Waals surface area (Å²) in [5.74, 6) is 0. The van der Waals surface area contributed by atoms with Crippen molar-refractivity contribution < 1.29 is 20.0 Å². The molecule has 0 aromatic rings. The molecule has 6 heteroatoms. The molecular formula is C3H9O5Sb. The van der Waals surface area contributed by atoms with Crippen LogP contribution >= 0.6 is 0 Å². The number of hydrogen-bond acceptors (Lipinski definition) is 5. The molecule has 0 aromatic heterocycles. The zero-order valence-corrected chi connectivity index (χ0v) is 7.19. The van der Waals surface area contributed by atoms with Gasteiger partial charge in [-0.25, -0.2) is 0 Å². The van der Waals surface area contributed by atoms with Gasteiger partial charge in [0.2, 0.25) is 0 Å². The molecule has 9 heavy (non-hydrogen) atoms. The third kappa shape index (κ3) is 5.08. The molecule has 0 saturated heterocycles. The molecule has 0 atom stereocenters. The van der Waals surface area contributed by atoms with E-state index in [4.69, 9.17) is 17.0 Å². The molecule has 0 aliphatic rings. The Labute approximate surface area is 61.2 Å². The van der Waals surface area contributed by atoms with Gasteiger partial charge >= 0.3 is 60.8 Å². The summed E-state index contributed by atoms with van der Waals surface area (Å²) in [7, 11) is 0. The van der Waals surface area contributed by atoms with Gasteiger partial charge < -0.3 is 0 Å². The molecular weight excluding hydrogens is 238 g/mol. The van der Waals surface area contributed by atoms with Gasteiger partial charge in [0.05, 0.1) is 0 Å². The minimum absolute atomic E-state index is 0.391. The molecule has 0 saturated carbocycles. The third-order valence-electron chi connectivity index (χ3n) is 0.651. The molecule has 0 fully saturated rings. The molecule has 0 amide bonds. The fourth-order valence-corrected chi connectivity index (χ4v) is 1.40. The van der Waals surface area contributed by atoms with E-state index in [-0.39, 0.29) is 0 Å². The maximum absolute atomic E-state index is 8.30. The van der Waals surface area contributed by atoms with E-state index in [1.54, 1.807) is 0 Å². The Balaban J connectivity index is 3.31. The monoisotopic (exact) mass is 246 g/mol. The zero-order valence-electron chi connectivity index (χ0n) is 4.64. The van der Waals surface area contributed by atoms with Gasteiger partial charge in [0.25, 0.3) is 0 Å². The van der Waals surface area contributed by atoms with Crippen molar-refractivity contribution in [1.29, 1.82) is 0 Å². The average molecular weight is 247 g/mol. The molecule has 0 unspecified atom stereocenters. The zero-order chi connectivity index (χ0) is 7.28. The summed E-state index contributed by atoms with van der Waals surface area (Å²) in [5.41, 5.74) is 0. The fourth-order valence-electron chi connectivity index (χ4n) is 0.258. The van der Waals surface area contributed by atoms with E-state index < -0.39 is 40.8 Å². The molecule has 0 heterocycles. The SMILES string of the molecule is OCC(CO)[O][Sb]([OH])[OH]. The third-order valence-corrected chi connectivity index (χ3v) is 2.04. The van der Waals surface area contributed by atoms with Crippen molar-refractivity contribution in [2.75, 3.05) is 13.2 Å². The first kappa shape index (κ1) is 9.62. The standard InChI is InChI=1S/C3H7O3.2H2O.Sb/c4-1-3(6)2-5;;;/h3-5H,1-2H2;2*1H2;/q-1;;;+3/p-2. The second kappa shape index (κ2) is 5.41. The van der Waals surface area contributed by atoms with Gasteiger partial charge in [-0.3, -0.25) is 0 Å². The van der Waals surface area contributed by atoms with Crippen LogP contribution in [0.4, 0.5) is 0 Å². The molecule has 0 aromatic carbocycles. The van der Waals surface area contributed by atoms with Crippen molar-refractivity contribution in [2.45, 2.75) is 6.10 Å². The van der Waals surface area contributed by atoms with Crippen LogP contribution in [0.1, 0.15) is 0 Å². The van der Waals surface area contributed by atoms with Crippen LogP contribution in [-0.4, -0.2) is 57.8 Å². The topological polar surface area (TPSA) is 90.2 Å². The van der Waals surface area contributed by atoms with Crippen LogP contribution < -0.4 is 0 Å². The van der Waals surface area contributed by atoms with Crippen LogP contribution in [0.5, 0.6) is 0 Å². The summed E-state index contributed by atoms with van der Waals surface area (Å²) < 4.78 is 20.9. The summed E-state index contributed by atoms with van der Waals surface area (Å²) in [6.07, 6.45) is -0.831. The van der Waals surface area contributed by atoms with Crippen molar-refractivity contribution >= 4 is 21.5 Å². The Morgan fingerprint density at radius 2 is 1.67 bits per heavy atom. The molecule has 4 N–H and O–H groups in total. The van der Waals surface area contributed by atoms with E-state index in [2.05, 4.69) is 3.02 Å². The van der Waals surface area contributed by atoms with Crippen LogP contribution in [0.3, 0.4) is 0 Å². The molecule has 0 aliphatic carbocycles. The molecule has 0 rings (SSSR count). The van der Waals surface area contributed by atoms with Gasteiger partial charge in [-0.05, 0) is 0 Å². The summed E-state index contributed by atoms with van der Waals surface area (Å²) in [6, 6.07) is 0. The van der Waals surface area contributed by atoms with E-state index in [9.17, 15) is 0 Å². The minimum atomic E-state index is -3.45. The molecule has 0 bridgehead atoms. The van der Waals surface area contributed by atoms with Gasteiger partial charge in [-0.1, -0.05) is 0 Å². The number of aliphatic hydroxyl groups excluding tert-OH is 2. The van der Waals surface area contributed by atoms with E-state index in [1.807, 2.05) is 0 Å².